The first-order valence-corrected chi connectivity index (χ1v) is 11.5. The molecule has 1 N–H and O–H groups in total. The molecule has 0 bridgehead atoms. The minimum Gasteiger partial charge on any atom is -0.390 e. The van der Waals surface area contributed by atoms with Crippen LogP contribution in [0.4, 0.5) is 0 Å². The van der Waals surface area contributed by atoms with E-state index in [1.807, 2.05) is 20.0 Å². The van der Waals surface area contributed by atoms with Crippen LogP contribution in [0.5, 0.6) is 0 Å². The molecule has 0 radical (unpaired) electrons. The van der Waals surface area contributed by atoms with Crippen molar-refractivity contribution in [2.24, 2.45) is 48.0 Å². The topological polar surface area (TPSA) is 55.1 Å². The van der Waals surface area contributed by atoms with Gasteiger partial charge in [-0.25, -0.2) is 0 Å². The van der Waals surface area contributed by atoms with E-state index in [9.17, 15) is 9.90 Å². The molecule has 1 aromatic rings. The Hall–Kier alpha value is -1.16. The van der Waals surface area contributed by atoms with Gasteiger partial charge in [0.05, 0.1) is 5.60 Å². The number of carbonyl (C=O) groups is 1. The third-order valence-corrected chi connectivity index (χ3v) is 9.63. The molecule has 0 aromatic carbocycles. The highest BCUT2D eigenvalue weighted by atomic mass is 16.3. The van der Waals surface area contributed by atoms with Crippen LogP contribution in [0.1, 0.15) is 82.1 Å². The normalized spacial score (nSPS) is 47.9. The van der Waals surface area contributed by atoms with Gasteiger partial charge in [0.2, 0.25) is 0 Å². The SMILES string of the molecule is Cn1nccc1C(=O)[C@H]1CC[C@H]2[C@@H]3CC[C@@H]4C[C@](C)(O)CC[C@@H]4[C@H]3CC[C@]12C. The first-order chi connectivity index (χ1) is 13.3. The number of nitrogens with zero attached hydrogens (tertiary/aromatic N) is 2. The molecule has 4 aliphatic rings. The van der Waals surface area contributed by atoms with Gasteiger partial charge in [0.15, 0.2) is 5.78 Å². The van der Waals surface area contributed by atoms with Gasteiger partial charge in [-0.05, 0) is 106 Å². The molecular formula is C24H36N2O2. The van der Waals surface area contributed by atoms with E-state index in [0.717, 1.165) is 48.6 Å². The molecule has 8 atom stereocenters. The average Bonchev–Trinajstić information content (AvgIpc) is 3.22. The first kappa shape index (κ1) is 18.8. The van der Waals surface area contributed by atoms with Crippen LogP contribution in [0.3, 0.4) is 0 Å². The minimum absolute atomic E-state index is 0.162. The highest BCUT2D eigenvalue weighted by Gasteiger charge is 2.59. The third kappa shape index (κ3) is 2.74. The number of aliphatic hydroxyl groups is 1. The molecule has 28 heavy (non-hydrogen) atoms. The Bertz CT molecular complexity index is 768. The molecule has 0 saturated heterocycles. The number of ketones is 1. The number of Topliss-reactive ketones (excluding diaryl/α,β-unsaturated/α-hetero) is 1. The van der Waals surface area contributed by atoms with Crippen molar-refractivity contribution in [1.29, 1.82) is 0 Å². The first-order valence-electron chi connectivity index (χ1n) is 11.5. The van der Waals surface area contributed by atoms with E-state index < -0.39 is 5.60 Å². The standard InChI is InChI=1S/C24H36N2O2/c1-23(28)11-8-16-15(14-23)4-5-18-17(16)9-12-24(2)19(18)6-7-20(24)22(27)21-10-13-25-26(21)3/h10,13,15-20,28H,4-9,11-12,14H2,1-3H3/t15-,16+,17-,18-,19+,20-,23-,24+/m1/s1. The van der Waals surface area contributed by atoms with Crippen LogP contribution in [0.15, 0.2) is 12.3 Å². The van der Waals surface area contributed by atoms with Gasteiger partial charge in [0.25, 0.3) is 0 Å². The van der Waals surface area contributed by atoms with E-state index in [1.165, 1.54) is 38.5 Å². The van der Waals surface area contributed by atoms with Gasteiger partial charge in [-0.3, -0.25) is 9.48 Å². The Morgan fingerprint density at radius 3 is 2.61 bits per heavy atom. The highest BCUT2D eigenvalue weighted by molar-refractivity contribution is 5.97. The molecule has 4 saturated carbocycles. The van der Waals surface area contributed by atoms with Crippen LogP contribution in [-0.2, 0) is 7.05 Å². The van der Waals surface area contributed by atoms with Crippen molar-refractivity contribution in [3.8, 4) is 0 Å². The van der Waals surface area contributed by atoms with Gasteiger partial charge in [-0.15, -0.1) is 0 Å². The van der Waals surface area contributed by atoms with Crippen molar-refractivity contribution in [3.05, 3.63) is 18.0 Å². The molecule has 1 heterocycles. The summed E-state index contributed by atoms with van der Waals surface area (Å²) in [6.45, 7) is 4.47. The van der Waals surface area contributed by atoms with Gasteiger partial charge in [-0.2, -0.15) is 5.10 Å². The molecule has 4 nitrogen and oxygen atoms in total. The van der Waals surface area contributed by atoms with Crippen LogP contribution in [0, 0.1) is 40.9 Å². The van der Waals surface area contributed by atoms with Crippen molar-refractivity contribution in [3.63, 3.8) is 0 Å². The Labute approximate surface area is 169 Å². The number of rotatable bonds is 2. The Morgan fingerprint density at radius 2 is 1.86 bits per heavy atom. The molecule has 0 spiro atoms. The highest BCUT2D eigenvalue weighted by Crippen LogP contribution is 2.64. The number of carbonyl (C=O) groups excluding carboxylic acids is 1. The van der Waals surface area contributed by atoms with E-state index in [2.05, 4.69) is 12.0 Å². The monoisotopic (exact) mass is 384 g/mol. The molecule has 0 unspecified atom stereocenters. The third-order valence-electron chi connectivity index (χ3n) is 9.63. The molecule has 4 fully saturated rings. The lowest BCUT2D eigenvalue weighted by Gasteiger charge is -2.56. The summed E-state index contributed by atoms with van der Waals surface area (Å²) in [6.07, 6.45) is 12.3. The molecular weight excluding hydrogens is 348 g/mol. The van der Waals surface area contributed by atoms with Crippen LogP contribution in [0.25, 0.3) is 0 Å². The molecule has 1 aromatic heterocycles. The molecule has 0 aliphatic heterocycles. The Balaban J connectivity index is 1.37. The van der Waals surface area contributed by atoms with Crippen molar-refractivity contribution in [2.75, 3.05) is 0 Å². The van der Waals surface area contributed by atoms with Gasteiger partial charge < -0.3 is 5.11 Å². The summed E-state index contributed by atoms with van der Waals surface area (Å²) in [6, 6.07) is 1.89. The summed E-state index contributed by atoms with van der Waals surface area (Å²) in [5.74, 6) is 4.37. The van der Waals surface area contributed by atoms with Crippen LogP contribution in [0.2, 0.25) is 0 Å². The fourth-order valence-electron chi connectivity index (χ4n) is 8.31. The number of fused-ring (bicyclic) bond motifs is 5. The molecule has 0 amide bonds. The largest absolute Gasteiger partial charge is 0.390 e. The summed E-state index contributed by atoms with van der Waals surface area (Å²) in [5, 5.41) is 14.8. The van der Waals surface area contributed by atoms with Gasteiger partial charge >= 0.3 is 0 Å². The lowest BCUT2D eigenvalue weighted by atomic mass is 9.49. The second kappa shape index (κ2) is 6.42. The van der Waals surface area contributed by atoms with E-state index in [4.69, 9.17) is 0 Å². The predicted molar refractivity (Wildman–Crippen MR) is 109 cm³/mol. The predicted octanol–water partition coefficient (Wildman–Crippen LogP) is 4.62. The molecule has 4 heteroatoms. The van der Waals surface area contributed by atoms with Crippen molar-refractivity contribution >= 4 is 5.78 Å². The van der Waals surface area contributed by atoms with Crippen molar-refractivity contribution < 1.29 is 9.90 Å². The lowest BCUT2D eigenvalue weighted by Crippen LogP contribution is -2.51. The second-order valence-electron chi connectivity index (χ2n) is 11.1. The summed E-state index contributed by atoms with van der Waals surface area (Å²) in [7, 11) is 1.89. The van der Waals surface area contributed by atoms with Gasteiger partial charge in [-0.1, -0.05) is 6.92 Å². The number of aryl methyl sites for hydroxylation is 1. The van der Waals surface area contributed by atoms with Crippen LogP contribution >= 0.6 is 0 Å². The van der Waals surface area contributed by atoms with Crippen molar-refractivity contribution in [1.82, 2.24) is 9.78 Å². The number of aromatic nitrogens is 2. The Morgan fingerprint density at radius 1 is 1.07 bits per heavy atom. The van der Waals surface area contributed by atoms with E-state index in [0.29, 0.717) is 11.7 Å². The van der Waals surface area contributed by atoms with E-state index in [-0.39, 0.29) is 11.3 Å². The fraction of sp³-hybridized carbons (Fsp3) is 0.833. The second-order valence-corrected chi connectivity index (χ2v) is 11.1. The Kier molecular flexibility index (Phi) is 4.32. The molecule has 4 aliphatic carbocycles. The summed E-state index contributed by atoms with van der Waals surface area (Å²) in [4.78, 5) is 13.4. The van der Waals surface area contributed by atoms with E-state index >= 15 is 0 Å². The number of hydrogen-bond donors (Lipinski definition) is 1. The summed E-state index contributed by atoms with van der Waals surface area (Å²) in [5.41, 5.74) is 0.507. The maximum Gasteiger partial charge on any atom is 0.184 e. The molecule has 5 rings (SSSR count). The van der Waals surface area contributed by atoms with E-state index in [1.54, 1.807) is 10.9 Å². The molecule has 154 valence electrons. The maximum absolute atomic E-state index is 13.4. The lowest BCUT2D eigenvalue weighted by molar-refractivity contribution is -0.0976. The van der Waals surface area contributed by atoms with Gasteiger partial charge in [0.1, 0.15) is 5.69 Å². The van der Waals surface area contributed by atoms with Crippen LogP contribution < -0.4 is 0 Å². The summed E-state index contributed by atoms with van der Waals surface area (Å²) < 4.78 is 1.75. The summed E-state index contributed by atoms with van der Waals surface area (Å²) >= 11 is 0. The fourth-order valence-corrected chi connectivity index (χ4v) is 8.31. The minimum atomic E-state index is -0.439. The maximum atomic E-state index is 13.4. The number of hydrogen-bond acceptors (Lipinski definition) is 3. The van der Waals surface area contributed by atoms with Crippen molar-refractivity contribution in [2.45, 2.75) is 77.2 Å². The zero-order valence-corrected chi connectivity index (χ0v) is 17.7. The smallest absolute Gasteiger partial charge is 0.184 e. The van der Waals surface area contributed by atoms with Crippen LogP contribution in [-0.4, -0.2) is 26.3 Å². The zero-order chi connectivity index (χ0) is 19.7. The van der Waals surface area contributed by atoms with Gasteiger partial charge in [0, 0.05) is 19.2 Å². The zero-order valence-electron chi connectivity index (χ0n) is 17.7. The quantitative estimate of drug-likeness (QED) is 0.757. The average molecular weight is 385 g/mol.